The Balaban J connectivity index is 2.36. The Bertz CT molecular complexity index is 386. The second-order valence-electron chi connectivity index (χ2n) is 4.36. The van der Waals surface area contributed by atoms with Crippen LogP contribution in [0.15, 0.2) is 30.3 Å². The molecule has 3 heteroatoms. The molecule has 80 valence electrons. The summed E-state index contributed by atoms with van der Waals surface area (Å²) in [6.45, 7) is 3.60. The third-order valence-corrected chi connectivity index (χ3v) is 3.09. The van der Waals surface area contributed by atoms with E-state index in [0.717, 1.165) is 5.56 Å². The number of rotatable bonds is 1. The molecule has 2 unspecified atom stereocenters. The molecular formula is C12H13ClO2. The molecule has 2 nitrogen and oxygen atoms in total. The largest absolute Gasteiger partial charge is 0.453 e. The van der Waals surface area contributed by atoms with Crippen molar-refractivity contribution in [2.45, 2.75) is 30.7 Å². The summed E-state index contributed by atoms with van der Waals surface area (Å²) in [6.07, 6.45) is 0.504. The fourth-order valence-corrected chi connectivity index (χ4v) is 2.30. The lowest BCUT2D eigenvalue weighted by Gasteiger charge is -2.23. The van der Waals surface area contributed by atoms with Crippen LogP contribution in [0.2, 0.25) is 0 Å². The van der Waals surface area contributed by atoms with Gasteiger partial charge < -0.3 is 4.74 Å². The van der Waals surface area contributed by atoms with Crippen molar-refractivity contribution < 1.29 is 9.53 Å². The molecule has 0 radical (unpaired) electrons. The van der Waals surface area contributed by atoms with Gasteiger partial charge in [0.05, 0.1) is 0 Å². The highest BCUT2D eigenvalue weighted by atomic mass is 35.5. The predicted molar refractivity (Wildman–Crippen MR) is 58.8 cm³/mol. The second kappa shape index (κ2) is 3.24. The van der Waals surface area contributed by atoms with Gasteiger partial charge in [-0.25, -0.2) is 0 Å². The van der Waals surface area contributed by atoms with Gasteiger partial charge in [0, 0.05) is 6.42 Å². The first kappa shape index (κ1) is 10.5. The molecule has 0 aliphatic carbocycles. The van der Waals surface area contributed by atoms with Gasteiger partial charge in [0.1, 0.15) is 10.5 Å². The van der Waals surface area contributed by atoms with Crippen molar-refractivity contribution in [3.63, 3.8) is 0 Å². The number of esters is 1. The fourth-order valence-electron chi connectivity index (χ4n) is 2.00. The van der Waals surface area contributed by atoms with Crippen molar-refractivity contribution in [3.8, 4) is 0 Å². The van der Waals surface area contributed by atoms with E-state index in [4.69, 9.17) is 16.3 Å². The number of hydrogen-bond donors (Lipinski definition) is 0. The Morgan fingerprint density at radius 3 is 2.33 bits per heavy atom. The van der Waals surface area contributed by atoms with E-state index in [1.54, 1.807) is 6.92 Å². The molecule has 1 saturated heterocycles. The molecule has 1 aromatic rings. The Labute approximate surface area is 94.2 Å². The summed E-state index contributed by atoms with van der Waals surface area (Å²) in [4.78, 5) is 10.6. The maximum atomic E-state index is 11.5. The molecule has 0 aromatic heterocycles. The minimum atomic E-state index is -0.898. The van der Waals surface area contributed by atoms with Crippen LogP contribution in [0, 0.1) is 0 Å². The summed E-state index contributed by atoms with van der Waals surface area (Å²) in [5.41, 5.74) is 0.400. The maximum absolute atomic E-state index is 11.5. The number of benzene rings is 1. The topological polar surface area (TPSA) is 26.3 Å². The summed E-state index contributed by atoms with van der Waals surface area (Å²) < 4.78 is 5.38. The Morgan fingerprint density at radius 2 is 1.87 bits per heavy atom. The zero-order valence-corrected chi connectivity index (χ0v) is 9.54. The molecule has 0 spiro atoms. The van der Waals surface area contributed by atoms with E-state index < -0.39 is 10.5 Å². The molecule has 1 aromatic carbocycles. The minimum absolute atomic E-state index is 0.337. The monoisotopic (exact) mass is 224 g/mol. The van der Waals surface area contributed by atoms with Crippen LogP contribution in [0.5, 0.6) is 0 Å². The average Bonchev–Trinajstić information content (AvgIpc) is 2.38. The Hall–Kier alpha value is -1.02. The van der Waals surface area contributed by atoms with Gasteiger partial charge in [0.15, 0.2) is 0 Å². The predicted octanol–water partition coefficient (Wildman–Crippen LogP) is 2.85. The van der Waals surface area contributed by atoms with Crippen LogP contribution in [0.25, 0.3) is 0 Å². The molecule has 0 N–H and O–H groups in total. The van der Waals surface area contributed by atoms with Crippen LogP contribution in [-0.2, 0) is 15.1 Å². The number of carbonyl (C=O) groups excluding carboxylic acids is 1. The molecule has 2 rings (SSSR count). The molecule has 0 amide bonds. The second-order valence-corrected chi connectivity index (χ2v) is 5.19. The summed E-state index contributed by atoms with van der Waals surface area (Å²) in [5.74, 6) is -0.337. The highest BCUT2D eigenvalue weighted by molar-refractivity contribution is 6.34. The van der Waals surface area contributed by atoms with Crippen molar-refractivity contribution >= 4 is 17.6 Å². The van der Waals surface area contributed by atoms with E-state index in [0.29, 0.717) is 6.42 Å². The van der Waals surface area contributed by atoms with Crippen LogP contribution in [0.1, 0.15) is 25.8 Å². The van der Waals surface area contributed by atoms with Crippen molar-refractivity contribution in [1.29, 1.82) is 0 Å². The third-order valence-electron chi connectivity index (χ3n) is 2.80. The number of carbonyl (C=O) groups is 1. The van der Waals surface area contributed by atoms with Gasteiger partial charge >= 0.3 is 5.97 Å². The smallest absolute Gasteiger partial charge is 0.327 e. The van der Waals surface area contributed by atoms with Crippen molar-refractivity contribution in [1.82, 2.24) is 0 Å². The van der Waals surface area contributed by atoms with E-state index in [-0.39, 0.29) is 5.97 Å². The first-order chi connectivity index (χ1) is 6.94. The zero-order valence-electron chi connectivity index (χ0n) is 8.79. The number of alkyl halides is 1. The molecule has 1 aliphatic rings. The standard InChI is InChI=1S/C12H13ClO2/c1-11(13)8-12(2,15-10(11)14)9-6-4-3-5-7-9/h3-7H,8H2,1-2H3. The van der Waals surface area contributed by atoms with Gasteiger partial charge in [0.2, 0.25) is 0 Å². The zero-order chi connectivity index (χ0) is 11.1. The Morgan fingerprint density at radius 1 is 1.27 bits per heavy atom. The lowest BCUT2D eigenvalue weighted by Crippen LogP contribution is -2.23. The van der Waals surface area contributed by atoms with Crippen LogP contribution in [-0.4, -0.2) is 10.8 Å². The van der Waals surface area contributed by atoms with Crippen LogP contribution in [0.3, 0.4) is 0 Å². The number of ether oxygens (including phenoxy) is 1. The SMILES string of the molecule is CC1(Cl)CC(C)(c2ccccc2)OC1=O. The number of hydrogen-bond acceptors (Lipinski definition) is 2. The van der Waals surface area contributed by atoms with E-state index in [9.17, 15) is 4.79 Å². The van der Waals surface area contributed by atoms with Gasteiger partial charge in [-0.3, -0.25) is 4.79 Å². The van der Waals surface area contributed by atoms with Crippen molar-refractivity contribution in [3.05, 3.63) is 35.9 Å². The lowest BCUT2D eigenvalue weighted by molar-refractivity contribution is -0.149. The van der Waals surface area contributed by atoms with E-state index in [1.807, 2.05) is 37.3 Å². The quantitative estimate of drug-likeness (QED) is 0.542. The molecule has 1 fully saturated rings. The van der Waals surface area contributed by atoms with E-state index in [1.165, 1.54) is 0 Å². The first-order valence-corrected chi connectivity index (χ1v) is 5.30. The van der Waals surface area contributed by atoms with Gasteiger partial charge in [-0.15, -0.1) is 11.6 Å². The molecule has 2 atom stereocenters. The minimum Gasteiger partial charge on any atom is -0.453 e. The third kappa shape index (κ3) is 1.74. The van der Waals surface area contributed by atoms with Gasteiger partial charge in [-0.1, -0.05) is 30.3 Å². The van der Waals surface area contributed by atoms with Crippen LogP contribution < -0.4 is 0 Å². The molecular weight excluding hydrogens is 212 g/mol. The fraction of sp³-hybridized carbons (Fsp3) is 0.417. The summed E-state index contributed by atoms with van der Waals surface area (Å²) in [6, 6.07) is 9.69. The highest BCUT2D eigenvalue weighted by Crippen LogP contribution is 2.44. The molecule has 15 heavy (non-hydrogen) atoms. The summed E-state index contributed by atoms with van der Waals surface area (Å²) in [5, 5.41) is 0. The van der Waals surface area contributed by atoms with Crippen LogP contribution >= 0.6 is 11.6 Å². The number of halogens is 1. The summed E-state index contributed by atoms with van der Waals surface area (Å²) in [7, 11) is 0. The van der Waals surface area contributed by atoms with Gasteiger partial charge in [-0.2, -0.15) is 0 Å². The maximum Gasteiger partial charge on any atom is 0.327 e. The molecule has 0 bridgehead atoms. The highest BCUT2D eigenvalue weighted by Gasteiger charge is 2.51. The molecule has 1 heterocycles. The average molecular weight is 225 g/mol. The van der Waals surface area contributed by atoms with E-state index >= 15 is 0 Å². The lowest BCUT2D eigenvalue weighted by atomic mass is 9.89. The first-order valence-electron chi connectivity index (χ1n) is 4.92. The number of cyclic esters (lactones) is 1. The van der Waals surface area contributed by atoms with Crippen molar-refractivity contribution in [2.24, 2.45) is 0 Å². The van der Waals surface area contributed by atoms with Gasteiger partial charge in [0.25, 0.3) is 0 Å². The Kier molecular flexibility index (Phi) is 2.27. The normalized spacial score (nSPS) is 35.3. The summed E-state index contributed by atoms with van der Waals surface area (Å²) >= 11 is 6.08. The van der Waals surface area contributed by atoms with Gasteiger partial charge in [-0.05, 0) is 19.4 Å². The molecule has 1 aliphatic heterocycles. The van der Waals surface area contributed by atoms with E-state index in [2.05, 4.69) is 0 Å². The van der Waals surface area contributed by atoms with Crippen molar-refractivity contribution in [2.75, 3.05) is 0 Å². The van der Waals surface area contributed by atoms with Crippen LogP contribution in [0.4, 0.5) is 0 Å². The molecule has 0 saturated carbocycles.